The molecule has 3 rings (SSSR count). The van der Waals surface area contributed by atoms with Crippen molar-refractivity contribution >= 4 is 33.9 Å². The van der Waals surface area contributed by atoms with Gasteiger partial charge in [-0.25, -0.2) is 9.59 Å². The van der Waals surface area contributed by atoms with Gasteiger partial charge in [0.2, 0.25) is 5.75 Å². The van der Waals surface area contributed by atoms with Crippen LogP contribution in [-0.2, 0) is 20.7 Å². The zero-order chi connectivity index (χ0) is 21.7. The molecule has 0 spiro atoms. The Bertz CT molecular complexity index is 1120. The van der Waals surface area contributed by atoms with E-state index in [1.807, 2.05) is 12.1 Å². The summed E-state index contributed by atoms with van der Waals surface area (Å²) in [6, 6.07) is 7.32. The summed E-state index contributed by atoms with van der Waals surface area (Å²) in [4.78, 5) is 22.8. The van der Waals surface area contributed by atoms with Gasteiger partial charge >= 0.3 is 11.9 Å². The Hall–Kier alpha value is -3.74. The Kier molecular flexibility index (Phi) is 6.41. The molecule has 0 aliphatic heterocycles. The van der Waals surface area contributed by atoms with Crippen LogP contribution >= 0.6 is 0 Å². The molecule has 0 saturated heterocycles. The molecule has 0 radical (unpaired) electrons. The van der Waals surface area contributed by atoms with Crippen LogP contribution in [0.15, 0.2) is 54.0 Å². The van der Waals surface area contributed by atoms with Gasteiger partial charge in [0.15, 0.2) is 22.7 Å². The van der Waals surface area contributed by atoms with Crippen molar-refractivity contribution in [3.05, 3.63) is 55.1 Å². The molecule has 0 unspecified atom stereocenters. The molecule has 7 nitrogen and oxygen atoms in total. The first-order valence-corrected chi connectivity index (χ1v) is 9.26. The van der Waals surface area contributed by atoms with Gasteiger partial charge in [0, 0.05) is 22.9 Å². The number of ether oxygens (including phenoxy) is 4. The van der Waals surface area contributed by atoms with Crippen molar-refractivity contribution in [1.82, 2.24) is 0 Å². The average Bonchev–Trinajstić information content (AvgIpc) is 3.14. The quantitative estimate of drug-likeness (QED) is 0.224. The first-order valence-electron chi connectivity index (χ1n) is 9.26. The first kappa shape index (κ1) is 21.0. The minimum atomic E-state index is -0.596. The fourth-order valence-corrected chi connectivity index (χ4v) is 3.22. The third-order valence-corrected chi connectivity index (χ3v) is 4.55. The number of carbonyl (C=O) groups is 2. The van der Waals surface area contributed by atoms with Crippen molar-refractivity contribution in [3.8, 4) is 17.2 Å². The van der Waals surface area contributed by atoms with Crippen LogP contribution in [0, 0.1) is 0 Å². The SMILES string of the molecule is C=CC(=O)OCCCc1ccc2c(oc3c(OC)c(OC(=O)C=C)ccc32)c1OC. The van der Waals surface area contributed by atoms with Crippen molar-refractivity contribution in [2.75, 3.05) is 20.8 Å². The van der Waals surface area contributed by atoms with Gasteiger partial charge in [-0.05, 0) is 36.6 Å². The first-order chi connectivity index (χ1) is 14.5. The summed E-state index contributed by atoms with van der Waals surface area (Å²) >= 11 is 0. The lowest BCUT2D eigenvalue weighted by molar-refractivity contribution is -0.137. The van der Waals surface area contributed by atoms with Gasteiger partial charge in [0.1, 0.15) is 0 Å². The van der Waals surface area contributed by atoms with Crippen molar-refractivity contribution in [3.63, 3.8) is 0 Å². The maximum absolute atomic E-state index is 11.6. The zero-order valence-electron chi connectivity index (χ0n) is 16.9. The number of methoxy groups -OCH3 is 2. The van der Waals surface area contributed by atoms with E-state index in [1.54, 1.807) is 19.2 Å². The van der Waals surface area contributed by atoms with Crippen LogP contribution in [0.1, 0.15) is 12.0 Å². The van der Waals surface area contributed by atoms with Crippen LogP contribution < -0.4 is 14.2 Å². The number of fused-ring (bicyclic) bond motifs is 3. The van der Waals surface area contributed by atoms with E-state index in [2.05, 4.69) is 13.2 Å². The van der Waals surface area contributed by atoms with E-state index in [-0.39, 0.29) is 12.4 Å². The Morgan fingerprint density at radius 2 is 1.57 bits per heavy atom. The molecule has 0 atom stereocenters. The summed E-state index contributed by atoms with van der Waals surface area (Å²) in [7, 11) is 3.04. The van der Waals surface area contributed by atoms with E-state index in [9.17, 15) is 9.59 Å². The topological polar surface area (TPSA) is 84.2 Å². The summed E-state index contributed by atoms with van der Waals surface area (Å²) < 4.78 is 27.4. The van der Waals surface area contributed by atoms with Crippen molar-refractivity contribution in [1.29, 1.82) is 0 Å². The number of carbonyl (C=O) groups excluding carboxylic acids is 2. The molecule has 0 bridgehead atoms. The Morgan fingerprint density at radius 3 is 2.20 bits per heavy atom. The number of aryl methyl sites for hydroxylation is 1. The monoisotopic (exact) mass is 410 g/mol. The molecule has 0 N–H and O–H groups in total. The second-order valence-electron chi connectivity index (χ2n) is 6.31. The van der Waals surface area contributed by atoms with Crippen LogP contribution in [0.25, 0.3) is 21.9 Å². The molecule has 0 amide bonds. The second-order valence-corrected chi connectivity index (χ2v) is 6.31. The number of hydrogen-bond acceptors (Lipinski definition) is 7. The summed E-state index contributed by atoms with van der Waals surface area (Å²) in [6.45, 7) is 7.05. The number of hydrogen-bond donors (Lipinski definition) is 0. The maximum atomic E-state index is 11.6. The number of furan rings is 1. The van der Waals surface area contributed by atoms with Crippen molar-refractivity contribution < 1.29 is 33.0 Å². The molecular weight excluding hydrogens is 388 g/mol. The van der Waals surface area contributed by atoms with Crippen LogP contribution in [-0.4, -0.2) is 32.8 Å². The highest BCUT2D eigenvalue weighted by Gasteiger charge is 2.21. The number of rotatable bonds is 9. The lowest BCUT2D eigenvalue weighted by atomic mass is 10.0. The Balaban J connectivity index is 2.00. The Labute approximate surface area is 173 Å². The standard InChI is InChI=1S/C23H22O7/c1-5-18(24)28-13-7-8-14-9-10-15-16-11-12-17(29-19(25)6-2)23(27-4)22(16)30-21(15)20(14)26-3/h5-6,9-12H,1-2,7-8,13H2,3-4H3. The molecule has 0 fully saturated rings. The summed E-state index contributed by atoms with van der Waals surface area (Å²) in [5.41, 5.74) is 1.91. The third-order valence-electron chi connectivity index (χ3n) is 4.55. The summed E-state index contributed by atoms with van der Waals surface area (Å²) in [6.07, 6.45) is 3.45. The molecule has 1 heterocycles. The van der Waals surface area contributed by atoms with E-state index in [1.165, 1.54) is 7.11 Å². The van der Waals surface area contributed by atoms with E-state index in [0.717, 1.165) is 28.5 Å². The van der Waals surface area contributed by atoms with Gasteiger partial charge in [-0.1, -0.05) is 19.2 Å². The van der Waals surface area contributed by atoms with Crippen LogP contribution in [0.3, 0.4) is 0 Å². The molecule has 7 heteroatoms. The highest BCUT2D eigenvalue weighted by Crippen LogP contribution is 2.44. The summed E-state index contributed by atoms with van der Waals surface area (Å²) in [5, 5.41) is 1.63. The number of benzene rings is 2. The molecule has 1 aromatic heterocycles. The van der Waals surface area contributed by atoms with E-state index < -0.39 is 11.9 Å². The predicted octanol–water partition coefficient (Wildman–Crippen LogP) is 4.36. The zero-order valence-corrected chi connectivity index (χ0v) is 16.9. The fourth-order valence-electron chi connectivity index (χ4n) is 3.22. The molecule has 0 aliphatic carbocycles. The maximum Gasteiger partial charge on any atom is 0.335 e. The largest absolute Gasteiger partial charge is 0.493 e. The van der Waals surface area contributed by atoms with Crippen molar-refractivity contribution in [2.24, 2.45) is 0 Å². The van der Waals surface area contributed by atoms with Crippen LogP contribution in [0.5, 0.6) is 17.2 Å². The molecule has 0 aliphatic rings. The predicted molar refractivity (Wildman–Crippen MR) is 112 cm³/mol. The van der Waals surface area contributed by atoms with Gasteiger partial charge < -0.3 is 23.4 Å². The van der Waals surface area contributed by atoms with Crippen LogP contribution in [0.4, 0.5) is 0 Å². The Morgan fingerprint density at radius 1 is 0.933 bits per heavy atom. The lowest BCUT2D eigenvalue weighted by Crippen LogP contribution is -2.04. The van der Waals surface area contributed by atoms with Gasteiger partial charge in [-0.3, -0.25) is 0 Å². The molecule has 3 aromatic rings. The van der Waals surface area contributed by atoms with E-state index >= 15 is 0 Å². The highest BCUT2D eigenvalue weighted by atomic mass is 16.6. The third kappa shape index (κ3) is 4.00. The van der Waals surface area contributed by atoms with Crippen molar-refractivity contribution in [2.45, 2.75) is 12.8 Å². The lowest BCUT2D eigenvalue weighted by Gasteiger charge is -2.09. The number of esters is 2. The second kappa shape index (κ2) is 9.17. The van der Waals surface area contributed by atoms with Gasteiger partial charge in [-0.2, -0.15) is 0 Å². The molecule has 2 aromatic carbocycles. The summed E-state index contributed by atoms with van der Waals surface area (Å²) in [5.74, 6) is 0.0806. The molecule has 30 heavy (non-hydrogen) atoms. The highest BCUT2D eigenvalue weighted by molar-refractivity contribution is 6.09. The minimum Gasteiger partial charge on any atom is -0.493 e. The molecular formula is C23H22O7. The smallest absolute Gasteiger partial charge is 0.335 e. The van der Waals surface area contributed by atoms with E-state index in [4.69, 9.17) is 23.4 Å². The van der Waals surface area contributed by atoms with Gasteiger partial charge in [0.25, 0.3) is 0 Å². The fraction of sp³-hybridized carbons (Fsp3) is 0.217. The van der Waals surface area contributed by atoms with Gasteiger partial charge in [0.05, 0.1) is 20.8 Å². The van der Waals surface area contributed by atoms with Crippen LogP contribution in [0.2, 0.25) is 0 Å². The average molecular weight is 410 g/mol. The molecule has 0 saturated carbocycles. The van der Waals surface area contributed by atoms with E-state index in [0.29, 0.717) is 35.5 Å². The molecule has 156 valence electrons. The van der Waals surface area contributed by atoms with Gasteiger partial charge in [-0.15, -0.1) is 0 Å². The normalized spacial score (nSPS) is 10.6. The minimum absolute atomic E-state index is 0.234.